The number of aryl methyl sites for hydroxylation is 1. The summed E-state index contributed by atoms with van der Waals surface area (Å²) < 4.78 is 21.7. The van der Waals surface area contributed by atoms with Crippen LogP contribution in [0.4, 0.5) is 4.79 Å². The fourth-order valence-electron chi connectivity index (χ4n) is 4.90. The summed E-state index contributed by atoms with van der Waals surface area (Å²) in [6, 6.07) is 24.8. The van der Waals surface area contributed by atoms with Gasteiger partial charge in [0.15, 0.2) is 0 Å². The molecular weight excluding hydrogens is 520 g/mol. The SMILES string of the molecule is CCOC(=O)CN(Cc1ccc([C@H]2C[C@H]2Cc2nc(-c3ccccc3)oc2C)cc1)C(=O)Oc1ccc(OC)cc1. The number of rotatable bonds is 11. The van der Waals surface area contributed by atoms with Gasteiger partial charge >= 0.3 is 12.1 Å². The normalized spacial score (nSPS) is 15.7. The number of methoxy groups -OCH3 is 1. The molecule has 4 aromatic rings. The minimum absolute atomic E-state index is 0.211. The van der Waals surface area contributed by atoms with Crippen LogP contribution in [0.3, 0.4) is 0 Å². The Balaban J connectivity index is 1.20. The molecule has 1 aromatic heterocycles. The number of oxazole rings is 1. The molecule has 3 aromatic carbocycles. The third-order valence-electron chi connectivity index (χ3n) is 7.22. The smallest absolute Gasteiger partial charge is 0.416 e. The van der Waals surface area contributed by atoms with Gasteiger partial charge in [-0.3, -0.25) is 9.69 Å². The van der Waals surface area contributed by atoms with Crippen LogP contribution in [0.5, 0.6) is 11.5 Å². The lowest BCUT2D eigenvalue weighted by atomic mass is 10.0. The maximum Gasteiger partial charge on any atom is 0.416 e. The number of hydrogen-bond acceptors (Lipinski definition) is 7. The molecule has 0 spiro atoms. The van der Waals surface area contributed by atoms with Gasteiger partial charge in [0.2, 0.25) is 5.89 Å². The van der Waals surface area contributed by atoms with Gasteiger partial charge in [-0.25, -0.2) is 9.78 Å². The molecule has 41 heavy (non-hydrogen) atoms. The lowest BCUT2D eigenvalue weighted by molar-refractivity contribution is -0.144. The number of aromatic nitrogens is 1. The molecule has 0 N–H and O–H groups in total. The number of hydrogen-bond donors (Lipinski definition) is 0. The monoisotopic (exact) mass is 554 g/mol. The second-order valence-electron chi connectivity index (χ2n) is 10.1. The van der Waals surface area contributed by atoms with E-state index >= 15 is 0 Å². The zero-order valence-electron chi connectivity index (χ0n) is 23.5. The Morgan fingerprint density at radius 2 is 1.68 bits per heavy atom. The summed E-state index contributed by atoms with van der Waals surface area (Å²) in [6.07, 6.45) is 1.33. The second kappa shape index (κ2) is 12.7. The third kappa shape index (κ3) is 7.14. The maximum atomic E-state index is 13.0. The first-order chi connectivity index (χ1) is 19.9. The highest BCUT2D eigenvalue weighted by atomic mass is 16.6. The summed E-state index contributed by atoms with van der Waals surface area (Å²) in [5, 5.41) is 0. The predicted octanol–water partition coefficient (Wildman–Crippen LogP) is 6.57. The molecule has 1 fully saturated rings. The van der Waals surface area contributed by atoms with Crippen molar-refractivity contribution in [2.45, 2.75) is 39.2 Å². The standard InChI is InChI=1S/C33H34N2O6/c1-4-39-31(36)21-35(33(37)41-28-16-14-27(38-3)15-17-28)20-23-10-12-24(13-11-23)29-18-26(29)19-30-22(2)40-32(34-30)25-8-6-5-7-9-25/h5-17,26,29H,4,18-21H2,1-3H3/t26-,29+/m0/s1. The number of carbonyl (C=O) groups excluding carboxylic acids is 2. The fraction of sp³-hybridized carbons (Fsp3) is 0.303. The van der Waals surface area contributed by atoms with E-state index in [0.717, 1.165) is 35.4 Å². The minimum Gasteiger partial charge on any atom is -0.497 e. The van der Waals surface area contributed by atoms with Gasteiger partial charge < -0.3 is 18.6 Å². The van der Waals surface area contributed by atoms with E-state index in [1.165, 1.54) is 10.5 Å². The molecule has 2 atom stereocenters. The van der Waals surface area contributed by atoms with E-state index in [2.05, 4.69) is 12.1 Å². The van der Waals surface area contributed by atoms with Crippen molar-refractivity contribution in [1.29, 1.82) is 0 Å². The van der Waals surface area contributed by atoms with Gasteiger partial charge in [0.25, 0.3) is 0 Å². The second-order valence-corrected chi connectivity index (χ2v) is 10.1. The Kier molecular flexibility index (Phi) is 8.67. The molecule has 1 amide bonds. The van der Waals surface area contributed by atoms with Crippen molar-refractivity contribution < 1.29 is 28.2 Å². The van der Waals surface area contributed by atoms with Gasteiger partial charge in [-0.2, -0.15) is 0 Å². The van der Waals surface area contributed by atoms with Crippen molar-refractivity contribution in [2.75, 3.05) is 20.3 Å². The molecule has 212 valence electrons. The first-order valence-corrected chi connectivity index (χ1v) is 13.8. The summed E-state index contributed by atoms with van der Waals surface area (Å²) in [7, 11) is 1.57. The number of ether oxygens (including phenoxy) is 3. The molecule has 0 bridgehead atoms. The molecule has 0 unspecified atom stereocenters. The van der Waals surface area contributed by atoms with Crippen LogP contribution < -0.4 is 9.47 Å². The van der Waals surface area contributed by atoms with Crippen LogP contribution in [-0.4, -0.2) is 42.2 Å². The van der Waals surface area contributed by atoms with Crippen LogP contribution in [0, 0.1) is 12.8 Å². The molecule has 1 heterocycles. The molecular formula is C33H34N2O6. The highest BCUT2D eigenvalue weighted by Crippen LogP contribution is 2.49. The van der Waals surface area contributed by atoms with Crippen LogP contribution in [0.1, 0.15) is 41.8 Å². The van der Waals surface area contributed by atoms with Crippen molar-refractivity contribution in [3.05, 3.63) is 101 Å². The quantitative estimate of drug-likeness (QED) is 0.194. The first kappa shape index (κ1) is 28.0. The van der Waals surface area contributed by atoms with E-state index in [9.17, 15) is 9.59 Å². The molecule has 1 aliphatic rings. The summed E-state index contributed by atoms with van der Waals surface area (Å²) in [6.45, 7) is 3.94. The lowest BCUT2D eigenvalue weighted by Crippen LogP contribution is -2.38. The number of carbonyl (C=O) groups is 2. The molecule has 8 heteroatoms. The molecule has 8 nitrogen and oxygen atoms in total. The highest BCUT2D eigenvalue weighted by Gasteiger charge is 2.39. The molecule has 5 rings (SSSR count). The zero-order chi connectivity index (χ0) is 28.8. The van der Waals surface area contributed by atoms with E-state index in [1.807, 2.05) is 49.4 Å². The van der Waals surface area contributed by atoms with E-state index in [4.69, 9.17) is 23.6 Å². The van der Waals surface area contributed by atoms with E-state index in [1.54, 1.807) is 38.3 Å². The summed E-state index contributed by atoms with van der Waals surface area (Å²) in [5.74, 6) is 3.02. The van der Waals surface area contributed by atoms with Crippen molar-refractivity contribution in [1.82, 2.24) is 9.88 Å². The van der Waals surface area contributed by atoms with Crippen molar-refractivity contribution in [3.63, 3.8) is 0 Å². The Hall–Kier alpha value is -4.59. The van der Waals surface area contributed by atoms with Gasteiger partial charge in [0, 0.05) is 12.1 Å². The predicted molar refractivity (Wildman–Crippen MR) is 154 cm³/mol. The summed E-state index contributed by atoms with van der Waals surface area (Å²) in [5.41, 5.74) is 4.13. The Morgan fingerprint density at radius 3 is 2.37 bits per heavy atom. The largest absolute Gasteiger partial charge is 0.497 e. The molecule has 1 aliphatic carbocycles. The van der Waals surface area contributed by atoms with E-state index in [-0.39, 0.29) is 19.7 Å². The average molecular weight is 555 g/mol. The number of benzene rings is 3. The van der Waals surface area contributed by atoms with Crippen LogP contribution in [0.15, 0.2) is 83.3 Å². The van der Waals surface area contributed by atoms with Gasteiger partial charge in [-0.05, 0) is 86.1 Å². The topological polar surface area (TPSA) is 91.1 Å². The lowest BCUT2D eigenvalue weighted by Gasteiger charge is -2.21. The van der Waals surface area contributed by atoms with Crippen LogP contribution >= 0.6 is 0 Å². The zero-order valence-corrected chi connectivity index (χ0v) is 23.5. The number of amides is 1. The number of esters is 1. The van der Waals surface area contributed by atoms with Gasteiger partial charge in [0.05, 0.1) is 19.4 Å². The van der Waals surface area contributed by atoms with Crippen LogP contribution in [-0.2, 0) is 22.5 Å². The van der Waals surface area contributed by atoms with Gasteiger partial charge in [-0.15, -0.1) is 0 Å². The van der Waals surface area contributed by atoms with Gasteiger partial charge in [-0.1, -0.05) is 42.5 Å². The Morgan fingerprint density at radius 1 is 0.976 bits per heavy atom. The number of nitrogens with zero attached hydrogens (tertiary/aromatic N) is 2. The maximum absolute atomic E-state index is 13.0. The molecule has 0 aliphatic heterocycles. The van der Waals surface area contributed by atoms with Crippen LogP contribution in [0.25, 0.3) is 11.5 Å². The Labute approximate surface area is 239 Å². The molecule has 1 saturated carbocycles. The van der Waals surface area contributed by atoms with Gasteiger partial charge in [0.1, 0.15) is 23.8 Å². The van der Waals surface area contributed by atoms with Crippen molar-refractivity contribution in [3.8, 4) is 23.0 Å². The molecule has 0 saturated heterocycles. The molecule has 0 radical (unpaired) electrons. The summed E-state index contributed by atoms with van der Waals surface area (Å²) >= 11 is 0. The van der Waals surface area contributed by atoms with Crippen molar-refractivity contribution >= 4 is 12.1 Å². The van der Waals surface area contributed by atoms with Crippen molar-refractivity contribution in [2.24, 2.45) is 5.92 Å². The van der Waals surface area contributed by atoms with Crippen LogP contribution in [0.2, 0.25) is 0 Å². The fourth-order valence-corrected chi connectivity index (χ4v) is 4.90. The van der Waals surface area contributed by atoms with E-state index in [0.29, 0.717) is 29.2 Å². The summed E-state index contributed by atoms with van der Waals surface area (Å²) in [4.78, 5) is 31.3. The van der Waals surface area contributed by atoms with E-state index < -0.39 is 12.1 Å². The highest BCUT2D eigenvalue weighted by molar-refractivity contribution is 5.79. The minimum atomic E-state index is -0.632. The first-order valence-electron chi connectivity index (χ1n) is 13.8. The Bertz CT molecular complexity index is 1460. The average Bonchev–Trinajstić information content (AvgIpc) is 3.66. The third-order valence-corrected chi connectivity index (χ3v) is 7.22.